The zero-order valence-corrected chi connectivity index (χ0v) is 17.3. The van der Waals surface area contributed by atoms with Crippen LogP contribution in [0.2, 0.25) is 0 Å². The number of nitrogens with zero attached hydrogens (tertiary/aromatic N) is 4. The summed E-state index contributed by atoms with van der Waals surface area (Å²) in [5.41, 5.74) is 10.5. The van der Waals surface area contributed by atoms with E-state index in [4.69, 9.17) is 10.3 Å². The highest BCUT2D eigenvalue weighted by Crippen LogP contribution is 2.35. The Labute approximate surface area is 175 Å². The predicted octanol–water partition coefficient (Wildman–Crippen LogP) is 3.86. The second-order valence-corrected chi connectivity index (χ2v) is 8.21. The van der Waals surface area contributed by atoms with Crippen LogP contribution in [-0.4, -0.2) is 36.4 Å². The van der Waals surface area contributed by atoms with Crippen LogP contribution in [0.5, 0.6) is 5.75 Å². The Balaban J connectivity index is 1.93. The molecule has 1 unspecified atom stereocenters. The fraction of sp³-hybridized carbons (Fsp3) is 0.364. The van der Waals surface area contributed by atoms with Crippen LogP contribution in [0, 0.1) is 0 Å². The second-order valence-electron chi connectivity index (χ2n) is 8.21. The Kier molecular flexibility index (Phi) is 6.28. The SMILES string of the molecule is CC(C)(C)NC(=O)c1ccc2c(c1)N(Cc1ccccc1)CC(C(=O)CN=[N+]=[N-])O2. The first-order chi connectivity index (χ1) is 14.3. The van der Waals surface area contributed by atoms with E-state index >= 15 is 0 Å². The summed E-state index contributed by atoms with van der Waals surface area (Å²) in [5, 5.41) is 6.32. The number of carbonyl (C=O) groups is 2. The number of Topliss-reactive ketones (excluding diaryl/α,β-unsaturated/α-hetero) is 1. The van der Waals surface area contributed by atoms with E-state index in [0.29, 0.717) is 24.4 Å². The summed E-state index contributed by atoms with van der Waals surface area (Å²) < 4.78 is 5.89. The van der Waals surface area contributed by atoms with Crippen molar-refractivity contribution in [2.75, 3.05) is 18.0 Å². The molecule has 3 rings (SSSR count). The van der Waals surface area contributed by atoms with Gasteiger partial charge < -0.3 is 15.0 Å². The van der Waals surface area contributed by atoms with Crippen molar-refractivity contribution in [3.05, 3.63) is 70.1 Å². The van der Waals surface area contributed by atoms with Crippen molar-refractivity contribution in [2.45, 2.75) is 39.0 Å². The number of ether oxygens (including phenoxy) is 1. The van der Waals surface area contributed by atoms with Crippen LogP contribution in [0.3, 0.4) is 0 Å². The number of anilines is 1. The standard InChI is InChI=1S/C22H25N5O3/c1-22(2,3)25-21(29)16-9-10-19-17(11-16)27(13-15-7-5-4-6-8-15)14-20(30-19)18(28)12-24-26-23/h4-11,20H,12-14H2,1-3H3,(H,25,29). The van der Waals surface area contributed by atoms with E-state index in [2.05, 4.69) is 15.3 Å². The number of carbonyl (C=O) groups excluding carboxylic acids is 2. The number of fused-ring (bicyclic) bond motifs is 1. The van der Waals surface area contributed by atoms with Gasteiger partial charge in [-0.15, -0.1) is 0 Å². The maximum atomic E-state index is 12.6. The van der Waals surface area contributed by atoms with E-state index in [9.17, 15) is 9.59 Å². The van der Waals surface area contributed by atoms with Gasteiger partial charge in [0.1, 0.15) is 5.75 Å². The normalized spacial score (nSPS) is 15.4. The second kappa shape index (κ2) is 8.88. The first-order valence-electron chi connectivity index (χ1n) is 9.72. The summed E-state index contributed by atoms with van der Waals surface area (Å²) >= 11 is 0. The molecule has 0 aliphatic carbocycles. The zero-order chi connectivity index (χ0) is 21.7. The molecule has 1 aliphatic heterocycles. The Morgan fingerprint density at radius 3 is 2.63 bits per heavy atom. The first-order valence-corrected chi connectivity index (χ1v) is 9.72. The van der Waals surface area contributed by atoms with Crippen molar-refractivity contribution in [1.29, 1.82) is 0 Å². The fourth-order valence-corrected chi connectivity index (χ4v) is 3.23. The Morgan fingerprint density at radius 2 is 1.97 bits per heavy atom. The minimum Gasteiger partial charge on any atom is -0.479 e. The predicted molar refractivity (Wildman–Crippen MR) is 115 cm³/mol. The van der Waals surface area contributed by atoms with Gasteiger partial charge in [0.2, 0.25) is 0 Å². The molecule has 0 saturated heterocycles. The van der Waals surface area contributed by atoms with Gasteiger partial charge in [-0.25, -0.2) is 0 Å². The third-order valence-electron chi connectivity index (χ3n) is 4.57. The van der Waals surface area contributed by atoms with Crippen LogP contribution >= 0.6 is 0 Å². The fourth-order valence-electron chi connectivity index (χ4n) is 3.23. The van der Waals surface area contributed by atoms with Crippen LogP contribution < -0.4 is 15.0 Å². The number of hydrogen-bond acceptors (Lipinski definition) is 5. The van der Waals surface area contributed by atoms with Gasteiger partial charge >= 0.3 is 0 Å². The molecule has 1 N–H and O–H groups in total. The summed E-state index contributed by atoms with van der Waals surface area (Å²) in [6.45, 7) is 6.36. The summed E-state index contributed by atoms with van der Waals surface area (Å²) in [6.07, 6.45) is -0.749. The maximum Gasteiger partial charge on any atom is 0.251 e. The van der Waals surface area contributed by atoms with Crippen molar-refractivity contribution in [2.24, 2.45) is 5.11 Å². The van der Waals surface area contributed by atoms with Crippen molar-refractivity contribution in [3.63, 3.8) is 0 Å². The molecular formula is C22H25N5O3. The van der Waals surface area contributed by atoms with Crippen molar-refractivity contribution in [3.8, 4) is 5.75 Å². The summed E-state index contributed by atoms with van der Waals surface area (Å²) in [6, 6.07) is 15.0. The lowest BCUT2D eigenvalue weighted by atomic mass is 10.0. The zero-order valence-electron chi connectivity index (χ0n) is 17.3. The van der Waals surface area contributed by atoms with Crippen molar-refractivity contribution >= 4 is 17.4 Å². The quantitative estimate of drug-likeness (QED) is 0.445. The summed E-state index contributed by atoms with van der Waals surface area (Å²) in [4.78, 5) is 29.7. The molecule has 0 saturated carbocycles. The molecule has 1 amide bonds. The average Bonchev–Trinajstić information content (AvgIpc) is 2.71. The third-order valence-corrected chi connectivity index (χ3v) is 4.57. The maximum absolute atomic E-state index is 12.6. The Bertz CT molecular complexity index is 978. The summed E-state index contributed by atoms with van der Waals surface area (Å²) in [5.74, 6) is 0.0568. The molecule has 0 fully saturated rings. The molecule has 0 spiro atoms. The first kappa shape index (κ1) is 21.2. The van der Waals surface area contributed by atoms with Gasteiger partial charge in [-0.05, 0) is 50.1 Å². The van der Waals surface area contributed by atoms with E-state index < -0.39 is 6.10 Å². The molecule has 2 aromatic rings. The van der Waals surface area contributed by atoms with Crippen LogP contribution in [0.4, 0.5) is 5.69 Å². The van der Waals surface area contributed by atoms with Crippen molar-refractivity contribution in [1.82, 2.24) is 5.32 Å². The van der Waals surface area contributed by atoms with E-state index in [-0.39, 0.29) is 23.8 Å². The molecule has 1 heterocycles. The van der Waals surface area contributed by atoms with Gasteiger partial charge in [-0.3, -0.25) is 9.59 Å². The van der Waals surface area contributed by atoms with Crippen LogP contribution in [0.1, 0.15) is 36.7 Å². The number of azide groups is 1. The molecule has 0 aromatic heterocycles. The van der Waals surface area contributed by atoms with Crippen LogP contribution in [-0.2, 0) is 11.3 Å². The average molecular weight is 407 g/mol. The minimum absolute atomic E-state index is 0.175. The highest BCUT2D eigenvalue weighted by Gasteiger charge is 2.31. The van der Waals surface area contributed by atoms with E-state index in [1.54, 1.807) is 18.2 Å². The summed E-state index contributed by atoms with van der Waals surface area (Å²) in [7, 11) is 0. The Hall–Kier alpha value is -3.51. The van der Waals surface area contributed by atoms with Gasteiger partial charge in [-0.1, -0.05) is 35.4 Å². The molecule has 156 valence electrons. The largest absolute Gasteiger partial charge is 0.479 e. The van der Waals surface area contributed by atoms with Gasteiger partial charge in [0, 0.05) is 22.6 Å². The number of nitrogens with one attached hydrogen (secondary N) is 1. The molecule has 8 heteroatoms. The Morgan fingerprint density at radius 1 is 1.23 bits per heavy atom. The molecule has 8 nitrogen and oxygen atoms in total. The minimum atomic E-state index is -0.749. The molecule has 0 radical (unpaired) electrons. The van der Waals surface area contributed by atoms with Gasteiger partial charge in [0.15, 0.2) is 11.9 Å². The highest BCUT2D eigenvalue weighted by molar-refractivity contribution is 5.96. The van der Waals surface area contributed by atoms with E-state index in [1.807, 2.05) is 56.0 Å². The molecule has 2 aromatic carbocycles. The number of hydrogen-bond donors (Lipinski definition) is 1. The number of rotatable bonds is 6. The molecule has 0 bridgehead atoms. The third kappa shape index (κ3) is 5.30. The molecule has 1 atom stereocenters. The highest BCUT2D eigenvalue weighted by atomic mass is 16.5. The number of benzene rings is 2. The lowest BCUT2D eigenvalue weighted by Gasteiger charge is -2.36. The van der Waals surface area contributed by atoms with E-state index in [0.717, 1.165) is 11.3 Å². The van der Waals surface area contributed by atoms with Crippen molar-refractivity contribution < 1.29 is 14.3 Å². The molecule has 1 aliphatic rings. The lowest BCUT2D eigenvalue weighted by Crippen LogP contribution is -2.45. The lowest BCUT2D eigenvalue weighted by molar-refractivity contribution is -0.124. The van der Waals surface area contributed by atoms with Crippen LogP contribution in [0.15, 0.2) is 53.6 Å². The number of ketones is 1. The van der Waals surface area contributed by atoms with Gasteiger partial charge in [0.25, 0.3) is 5.91 Å². The molecular weight excluding hydrogens is 382 g/mol. The van der Waals surface area contributed by atoms with Gasteiger partial charge in [0.05, 0.1) is 18.8 Å². The number of amides is 1. The smallest absolute Gasteiger partial charge is 0.251 e. The monoisotopic (exact) mass is 407 g/mol. The van der Waals surface area contributed by atoms with Crippen LogP contribution in [0.25, 0.3) is 10.4 Å². The van der Waals surface area contributed by atoms with Gasteiger partial charge in [-0.2, -0.15) is 0 Å². The molecule has 30 heavy (non-hydrogen) atoms. The van der Waals surface area contributed by atoms with E-state index in [1.165, 1.54) is 0 Å². The topological polar surface area (TPSA) is 107 Å².